The molecule has 0 aliphatic carbocycles. The molecule has 1 aromatic heterocycles. The Morgan fingerprint density at radius 2 is 2.07 bits per heavy atom. The number of benzene rings is 2. The van der Waals surface area contributed by atoms with E-state index in [1.54, 1.807) is 6.07 Å². The Morgan fingerprint density at radius 3 is 2.85 bits per heavy atom. The van der Waals surface area contributed by atoms with Crippen molar-refractivity contribution in [1.29, 1.82) is 0 Å². The SMILES string of the molecule is C/C=C/c1ccccc1OCc1csc(C(=O)Nc2ccc(F)c(Cl)c2)c1. The van der Waals surface area contributed by atoms with Gasteiger partial charge in [-0.25, -0.2) is 4.39 Å². The second-order valence-corrected chi connectivity index (χ2v) is 7.05. The number of allylic oxidation sites excluding steroid dienone is 1. The Bertz CT molecular complexity index is 984. The van der Waals surface area contributed by atoms with Gasteiger partial charge in [-0.3, -0.25) is 4.79 Å². The molecule has 1 amide bonds. The number of amides is 1. The van der Waals surface area contributed by atoms with Crippen LogP contribution >= 0.6 is 22.9 Å². The van der Waals surface area contributed by atoms with E-state index in [1.165, 1.54) is 29.5 Å². The number of anilines is 1. The first-order chi connectivity index (χ1) is 13.1. The molecule has 2 aromatic carbocycles. The van der Waals surface area contributed by atoms with Crippen molar-refractivity contribution >= 4 is 40.6 Å². The van der Waals surface area contributed by atoms with Crippen LogP contribution in [-0.2, 0) is 6.61 Å². The molecular weight excluding hydrogens is 385 g/mol. The van der Waals surface area contributed by atoms with E-state index >= 15 is 0 Å². The van der Waals surface area contributed by atoms with Gasteiger partial charge in [-0.2, -0.15) is 0 Å². The van der Waals surface area contributed by atoms with Crippen molar-refractivity contribution in [2.45, 2.75) is 13.5 Å². The third-order valence-corrected chi connectivity index (χ3v) is 4.98. The van der Waals surface area contributed by atoms with Gasteiger partial charge in [0.05, 0.1) is 9.90 Å². The summed E-state index contributed by atoms with van der Waals surface area (Å²) in [6, 6.07) is 13.6. The normalized spacial score (nSPS) is 10.9. The number of ether oxygens (including phenoxy) is 1. The lowest BCUT2D eigenvalue weighted by Gasteiger charge is -2.08. The molecule has 3 nitrogen and oxygen atoms in total. The van der Waals surface area contributed by atoms with E-state index in [1.807, 2.05) is 48.7 Å². The standard InChI is InChI=1S/C21H17ClFNO2S/c1-2-5-15-6-3-4-7-19(15)26-12-14-10-20(27-13-14)21(25)24-16-8-9-18(23)17(22)11-16/h2-11,13H,12H2,1H3,(H,24,25)/b5-2+. The molecule has 1 heterocycles. The lowest BCUT2D eigenvalue weighted by Crippen LogP contribution is -2.10. The zero-order chi connectivity index (χ0) is 19.2. The summed E-state index contributed by atoms with van der Waals surface area (Å²) in [6.45, 7) is 2.32. The fourth-order valence-electron chi connectivity index (χ4n) is 2.43. The highest BCUT2D eigenvalue weighted by molar-refractivity contribution is 7.12. The van der Waals surface area contributed by atoms with Gasteiger partial charge in [0.15, 0.2) is 0 Å². The molecule has 0 aliphatic rings. The summed E-state index contributed by atoms with van der Waals surface area (Å²) in [4.78, 5) is 12.9. The predicted octanol–water partition coefficient (Wildman–Crippen LogP) is 6.41. The third-order valence-electron chi connectivity index (χ3n) is 3.71. The number of halogens is 2. The molecule has 0 atom stereocenters. The van der Waals surface area contributed by atoms with Crippen molar-refractivity contribution in [3.05, 3.63) is 86.8 Å². The smallest absolute Gasteiger partial charge is 0.265 e. The molecule has 3 rings (SSSR count). The fraction of sp³-hybridized carbons (Fsp3) is 0.0952. The van der Waals surface area contributed by atoms with Crippen LogP contribution in [0.4, 0.5) is 10.1 Å². The summed E-state index contributed by atoms with van der Waals surface area (Å²) in [7, 11) is 0. The summed E-state index contributed by atoms with van der Waals surface area (Å²) < 4.78 is 19.1. The van der Waals surface area contributed by atoms with Gasteiger partial charge in [0.25, 0.3) is 5.91 Å². The Balaban J connectivity index is 1.64. The van der Waals surface area contributed by atoms with E-state index in [0.717, 1.165) is 16.9 Å². The lowest BCUT2D eigenvalue weighted by atomic mass is 10.2. The molecule has 0 saturated heterocycles. The fourth-order valence-corrected chi connectivity index (χ4v) is 3.40. The average molecular weight is 402 g/mol. The van der Waals surface area contributed by atoms with Crippen LogP contribution in [0.1, 0.15) is 27.7 Å². The summed E-state index contributed by atoms with van der Waals surface area (Å²) in [5, 5.41) is 4.56. The highest BCUT2D eigenvalue weighted by Crippen LogP contribution is 2.24. The minimum atomic E-state index is -0.525. The topological polar surface area (TPSA) is 38.3 Å². The van der Waals surface area contributed by atoms with Crippen LogP contribution in [0.3, 0.4) is 0 Å². The quantitative estimate of drug-likeness (QED) is 0.518. The first kappa shape index (κ1) is 19.1. The van der Waals surface area contributed by atoms with Crippen LogP contribution in [0, 0.1) is 5.82 Å². The van der Waals surface area contributed by atoms with Gasteiger partial charge in [0.1, 0.15) is 18.2 Å². The Morgan fingerprint density at radius 1 is 1.26 bits per heavy atom. The minimum Gasteiger partial charge on any atom is -0.488 e. The van der Waals surface area contributed by atoms with E-state index in [4.69, 9.17) is 16.3 Å². The van der Waals surface area contributed by atoms with Gasteiger partial charge in [0, 0.05) is 16.8 Å². The second kappa shape index (κ2) is 8.84. The predicted molar refractivity (Wildman–Crippen MR) is 109 cm³/mol. The Hall–Kier alpha value is -2.63. The van der Waals surface area contributed by atoms with Gasteiger partial charge in [0.2, 0.25) is 0 Å². The molecule has 6 heteroatoms. The molecule has 0 saturated carbocycles. The highest BCUT2D eigenvalue weighted by atomic mass is 35.5. The van der Waals surface area contributed by atoms with Crippen molar-refractivity contribution < 1.29 is 13.9 Å². The van der Waals surface area contributed by atoms with E-state index in [0.29, 0.717) is 17.2 Å². The van der Waals surface area contributed by atoms with Crippen molar-refractivity contribution in [3.8, 4) is 5.75 Å². The number of thiophene rings is 1. The Labute approximate surface area is 166 Å². The monoisotopic (exact) mass is 401 g/mol. The van der Waals surface area contributed by atoms with Crippen LogP contribution in [0.25, 0.3) is 6.08 Å². The molecule has 138 valence electrons. The highest BCUT2D eigenvalue weighted by Gasteiger charge is 2.11. The summed E-state index contributed by atoms with van der Waals surface area (Å²) in [5.74, 6) is -0.0135. The van der Waals surface area contributed by atoms with Crippen molar-refractivity contribution in [2.24, 2.45) is 0 Å². The molecule has 0 bridgehead atoms. The average Bonchev–Trinajstić information content (AvgIpc) is 3.13. The maximum atomic E-state index is 13.2. The van der Waals surface area contributed by atoms with E-state index in [9.17, 15) is 9.18 Å². The first-order valence-electron chi connectivity index (χ1n) is 8.25. The molecule has 3 aromatic rings. The largest absolute Gasteiger partial charge is 0.488 e. The van der Waals surface area contributed by atoms with E-state index in [2.05, 4.69) is 5.32 Å². The summed E-state index contributed by atoms with van der Waals surface area (Å²) in [6.07, 6.45) is 3.94. The van der Waals surface area contributed by atoms with Crippen LogP contribution in [0.2, 0.25) is 5.02 Å². The number of rotatable bonds is 6. The number of nitrogens with one attached hydrogen (secondary N) is 1. The maximum Gasteiger partial charge on any atom is 0.265 e. The van der Waals surface area contributed by atoms with Crippen LogP contribution in [0.5, 0.6) is 5.75 Å². The van der Waals surface area contributed by atoms with Gasteiger partial charge in [-0.1, -0.05) is 42.0 Å². The lowest BCUT2D eigenvalue weighted by molar-refractivity contribution is 0.103. The van der Waals surface area contributed by atoms with Crippen molar-refractivity contribution in [2.75, 3.05) is 5.32 Å². The van der Waals surface area contributed by atoms with Gasteiger partial charge >= 0.3 is 0 Å². The zero-order valence-corrected chi connectivity index (χ0v) is 16.1. The second-order valence-electron chi connectivity index (χ2n) is 5.73. The Kier molecular flexibility index (Phi) is 6.27. The number of carbonyl (C=O) groups excluding carboxylic acids is 1. The molecular formula is C21H17ClFNO2S. The number of para-hydroxylation sites is 1. The number of hydrogen-bond donors (Lipinski definition) is 1. The molecule has 0 aliphatic heterocycles. The number of carbonyl (C=O) groups is 1. The van der Waals surface area contributed by atoms with Gasteiger partial charge < -0.3 is 10.1 Å². The molecule has 0 unspecified atom stereocenters. The first-order valence-corrected chi connectivity index (χ1v) is 9.51. The summed E-state index contributed by atoms with van der Waals surface area (Å²) in [5.41, 5.74) is 2.34. The maximum absolute atomic E-state index is 13.2. The molecule has 0 spiro atoms. The van der Waals surface area contributed by atoms with E-state index < -0.39 is 5.82 Å². The van der Waals surface area contributed by atoms with Gasteiger partial charge in [-0.05, 0) is 42.6 Å². The molecule has 27 heavy (non-hydrogen) atoms. The van der Waals surface area contributed by atoms with Crippen LogP contribution in [-0.4, -0.2) is 5.91 Å². The number of hydrogen-bond acceptors (Lipinski definition) is 3. The minimum absolute atomic E-state index is 0.0344. The third kappa shape index (κ3) is 4.96. The van der Waals surface area contributed by atoms with Crippen molar-refractivity contribution in [3.63, 3.8) is 0 Å². The summed E-state index contributed by atoms with van der Waals surface area (Å²) >= 11 is 7.06. The van der Waals surface area contributed by atoms with Crippen LogP contribution in [0.15, 0.2) is 60.0 Å². The van der Waals surface area contributed by atoms with Gasteiger partial charge in [-0.15, -0.1) is 11.3 Å². The molecule has 0 radical (unpaired) electrons. The molecule has 0 fully saturated rings. The molecule has 1 N–H and O–H groups in total. The van der Waals surface area contributed by atoms with Crippen LogP contribution < -0.4 is 10.1 Å². The van der Waals surface area contributed by atoms with E-state index in [-0.39, 0.29) is 10.9 Å². The zero-order valence-electron chi connectivity index (χ0n) is 14.5. The van der Waals surface area contributed by atoms with Crippen molar-refractivity contribution in [1.82, 2.24) is 0 Å².